The van der Waals surface area contributed by atoms with Crippen LogP contribution in [0.2, 0.25) is 0 Å². The van der Waals surface area contributed by atoms with Gasteiger partial charge in [0.15, 0.2) is 5.78 Å². The van der Waals surface area contributed by atoms with Crippen LogP contribution in [0.5, 0.6) is 0 Å². The van der Waals surface area contributed by atoms with Crippen molar-refractivity contribution in [3.8, 4) is 0 Å². The zero-order chi connectivity index (χ0) is 13.9. The van der Waals surface area contributed by atoms with Crippen molar-refractivity contribution >= 4 is 16.6 Å². The van der Waals surface area contributed by atoms with E-state index in [1.165, 1.54) is 4.68 Å². The predicted molar refractivity (Wildman–Crippen MR) is 76.2 cm³/mol. The average molecular weight is 266 g/mol. The quantitative estimate of drug-likeness (QED) is 0.730. The Balaban J connectivity index is 1.84. The van der Waals surface area contributed by atoms with Crippen molar-refractivity contribution < 1.29 is 4.79 Å². The molecule has 2 N–H and O–H groups in total. The first-order valence-corrected chi connectivity index (χ1v) is 6.37. The number of fused-ring (bicyclic) bond motifs is 1. The molecule has 0 amide bonds. The molecule has 0 fully saturated rings. The number of Topliss-reactive ketones (excluding diaryl/α,β-unsaturated/α-hetero) is 1. The molecule has 1 heterocycles. The monoisotopic (exact) mass is 266 g/mol. The number of nitrogens with zero attached hydrogens (tertiary/aromatic N) is 3. The van der Waals surface area contributed by atoms with Gasteiger partial charge in [-0.3, -0.25) is 4.79 Å². The molecule has 0 bridgehead atoms. The van der Waals surface area contributed by atoms with E-state index in [0.717, 1.165) is 10.8 Å². The number of aromatic nitrogens is 3. The van der Waals surface area contributed by atoms with Gasteiger partial charge in [-0.05, 0) is 16.8 Å². The second-order valence-electron chi connectivity index (χ2n) is 4.60. The lowest BCUT2D eigenvalue weighted by Crippen LogP contribution is -2.11. The first-order valence-electron chi connectivity index (χ1n) is 6.37. The van der Waals surface area contributed by atoms with Crippen molar-refractivity contribution in [2.24, 2.45) is 5.73 Å². The lowest BCUT2D eigenvalue weighted by atomic mass is 10.0. The number of hydrogen-bond donors (Lipinski definition) is 1. The summed E-state index contributed by atoms with van der Waals surface area (Å²) in [6.45, 7) is 0.496. The molecule has 20 heavy (non-hydrogen) atoms. The summed E-state index contributed by atoms with van der Waals surface area (Å²) in [4.78, 5) is 12.2. The first-order chi connectivity index (χ1) is 9.76. The van der Waals surface area contributed by atoms with Crippen LogP contribution in [0.1, 0.15) is 16.1 Å². The van der Waals surface area contributed by atoms with Gasteiger partial charge in [0, 0.05) is 12.1 Å². The molecule has 0 aliphatic rings. The number of carbonyl (C=O) groups is 1. The molecule has 0 atom stereocenters. The summed E-state index contributed by atoms with van der Waals surface area (Å²) < 4.78 is 1.51. The summed E-state index contributed by atoms with van der Waals surface area (Å²) in [6, 6.07) is 13.6. The third kappa shape index (κ3) is 2.44. The van der Waals surface area contributed by atoms with Crippen LogP contribution in [-0.4, -0.2) is 20.8 Å². The summed E-state index contributed by atoms with van der Waals surface area (Å²) in [7, 11) is 0. The van der Waals surface area contributed by atoms with E-state index in [1.807, 2.05) is 42.5 Å². The highest BCUT2D eigenvalue weighted by atomic mass is 16.1. The van der Waals surface area contributed by atoms with E-state index in [9.17, 15) is 4.79 Å². The van der Waals surface area contributed by atoms with Crippen molar-refractivity contribution in [2.75, 3.05) is 0 Å². The Bertz CT molecular complexity index is 763. The summed E-state index contributed by atoms with van der Waals surface area (Å²) in [5.74, 6) is 0.00391. The molecule has 5 nitrogen and oxygen atoms in total. The molecule has 0 saturated carbocycles. The molecular weight excluding hydrogens is 252 g/mol. The van der Waals surface area contributed by atoms with Crippen LogP contribution in [0.25, 0.3) is 10.8 Å². The second-order valence-corrected chi connectivity index (χ2v) is 4.60. The average Bonchev–Trinajstić information content (AvgIpc) is 2.94. The highest BCUT2D eigenvalue weighted by Gasteiger charge is 2.09. The Kier molecular flexibility index (Phi) is 3.26. The van der Waals surface area contributed by atoms with Crippen LogP contribution in [-0.2, 0) is 13.1 Å². The highest BCUT2D eigenvalue weighted by molar-refractivity contribution is 5.99. The minimum atomic E-state index is 0.00391. The van der Waals surface area contributed by atoms with E-state index in [1.54, 1.807) is 6.20 Å². The molecule has 0 radical (unpaired) electrons. The molecule has 5 heteroatoms. The zero-order valence-corrected chi connectivity index (χ0v) is 10.9. The van der Waals surface area contributed by atoms with Gasteiger partial charge in [0.25, 0.3) is 0 Å². The van der Waals surface area contributed by atoms with Gasteiger partial charge in [-0.1, -0.05) is 41.6 Å². The number of hydrogen-bond acceptors (Lipinski definition) is 4. The van der Waals surface area contributed by atoms with E-state index in [0.29, 0.717) is 17.8 Å². The number of benzene rings is 2. The maximum atomic E-state index is 12.2. The van der Waals surface area contributed by atoms with E-state index >= 15 is 0 Å². The van der Waals surface area contributed by atoms with Crippen molar-refractivity contribution in [2.45, 2.75) is 13.1 Å². The Labute approximate surface area is 116 Å². The topological polar surface area (TPSA) is 73.8 Å². The van der Waals surface area contributed by atoms with Crippen molar-refractivity contribution in [3.63, 3.8) is 0 Å². The fourth-order valence-corrected chi connectivity index (χ4v) is 2.11. The summed E-state index contributed by atoms with van der Waals surface area (Å²) in [5.41, 5.74) is 6.82. The minimum absolute atomic E-state index is 0.00391. The lowest BCUT2D eigenvalue weighted by molar-refractivity contribution is 0.0967. The van der Waals surface area contributed by atoms with Gasteiger partial charge < -0.3 is 5.73 Å². The maximum absolute atomic E-state index is 12.2. The van der Waals surface area contributed by atoms with Crippen LogP contribution in [0.4, 0.5) is 0 Å². The Hall–Kier alpha value is -2.53. The van der Waals surface area contributed by atoms with E-state index < -0.39 is 0 Å². The zero-order valence-electron chi connectivity index (χ0n) is 10.9. The van der Waals surface area contributed by atoms with Gasteiger partial charge in [-0.25, -0.2) is 4.68 Å². The van der Waals surface area contributed by atoms with Gasteiger partial charge >= 0.3 is 0 Å². The molecule has 3 rings (SSSR count). The molecule has 100 valence electrons. The number of ketones is 1. The summed E-state index contributed by atoms with van der Waals surface area (Å²) in [5, 5.41) is 9.92. The Morgan fingerprint density at radius 3 is 2.70 bits per heavy atom. The number of nitrogens with two attached hydrogens (primary N) is 1. The molecule has 2 aromatic carbocycles. The third-order valence-electron chi connectivity index (χ3n) is 3.17. The fourth-order valence-electron chi connectivity index (χ4n) is 2.11. The maximum Gasteiger partial charge on any atom is 0.184 e. The van der Waals surface area contributed by atoms with E-state index in [2.05, 4.69) is 10.3 Å². The minimum Gasteiger partial charge on any atom is -0.325 e. The normalized spacial score (nSPS) is 10.8. The summed E-state index contributed by atoms with van der Waals surface area (Å²) in [6.07, 6.45) is 1.69. The van der Waals surface area contributed by atoms with E-state index in [4.69, 9.17) is 5.73 Å². The largest absolute Gasteiger partial charge is 0.325 e. The SMILES string of the molecule is NCc1cn(CC(=O)c2ccc3ccccc3c2)nn1. The second kappa shape index (κ2) is 5.22. The molecule has 0 unspecified atom stereocenters. The Morgan fingerprint density at radius 1 is 1.15 bits per heavy atom. The molecule has 0 saturated heterocycles. The standard InChI is InChI=1S/C15H14N4O/c16-8-14-9-19(18-17-14)10-15(20)13-6-5-11-3-1-2-4-12(11)7-13/h1-7,9H,8,10,16H2. The molecule has 0 aliphatic carbocycles. The van der Waals surface area contributed by atoms with Crippen molar-refractivity contribution in [3.05, 3.63) is 59.9 Å². The smallest absolute Gasteiger partial charge is 0.184 e. The van der Waals surface area contributed by atoms with Gasteiger partial charge in [-0.2, -0.15) is 0 Å². The number of rotatable bonds is 4. The van der Waals surface area contributed by atoms with E-state index in [-0.39, 0.29) is 12.3 Å². The van der Waals surface area contributed by atoms with Gasteiger partial charge in [0.1, 0.15) is 6.54 Å². The van der Waals surface area contributed by atoms with Gasteiger partial charge in [-0.15, -0.1) is 5.10 Å². The van der Waals surface area contributed by atoms with Crippen LogP contribution >= 0.6 is 0 Å². The molecular formula is C15H14N4O. The number of carbonyl (C=O) groups excluding carboxylic acids is 1. The van der Waals surface area contributed by atoms with Gasteiger partial charge in [0.2, 0.25) is 0 Å². The van der Waals surface area contributed by atoms with Crippen molar-refractivity contribution in [1.82, 2.24) is 15.0 Å². The van der Waals surface area contributed by atoms with Crippen LogP contribution in [0.15, 0.2) is 48.7 Å². The highest BCUT2D eigenvalue weighted by Crippen LogP contribution is 2.16. The summed E-state index contributed by atoms with van der Waals surface area (Å²) >= 11 is 0. The molecule has 1 aromatic heterocycles. The van der Waals surface area contributed by atoms with Crippen LogP contribution < -0.4 is 5.73 Å². The Morgan fingerprint density at radius 2 is 1.95 bits per heavy atom. The molecule has 0 aliphatic heterocycles. The third-order valence-corrected chi connectivity index (χ3v) is 3.17. The van der Waals surface area contributed by atoms with Gasteiger partial charge in [0.05, 0.1) is 11.9 Å². The lowest BCUT2D eigenvalue weighted by Gasteiger charge is -2.03. The molecule has 3 aromatic rings. The fraction of sp³-hybridized carbons (Fsp3) is 0.133. The first kappa shape index (κ1) is 12.5. The molecule has 0 spiro atoms. The van der Waals surface area contributed by atoms with Crippen molar-refractivity contribution in [1.29, 1.82) is 0 Å². The van der Waals surface area contributed by atoms with Crippen LogP contribution in [0.3, 0.4) is 0 Å². The van der Waals surface area contributed by atoms with Crippen LogP contribution in [0, 0.1) is 0 Å². The predicted octanol–water partition coefficient (Wildman–Crippen LogP) is 1.77.